The number of amides is 1. The molecule has 0 saturated carbocycles. The summed E-state index contributed by atoms with van der Waals surface area (Å²) < 4.78 is 35.3. The Morgan fingerprint density at radius 3 is 2.82 bits per heavy atom. The van der Waals surface area contributed by atoms with Gasteiger partial charge < -0.3 is 9.64 Å². The van der Waals surface area contributed by atoms with E-state index in [0.717, 1.165) is 11.6 Å². The lowest BCUT2D eigenvalue weighted by Gasteiger charge is -2.46. The van der Waals surface area contributed by atoms with Crippen molar-refractivity contribution in [3.8, 4) is 11.9 Å². The number of carbonyl (C=O) groups is 1. The van der Waals surface area contributed by atoms with Gasteiger partial charge in [0.05, 0.1) is 30.7 Å². The lowest BCUT2D eigenvalue weighted by molar-refractivity contribution is -0.139. The second-order valence-corrected chi connectivity index (χ2v) is 8.23. The predicted molar refractivity (Wildman–Crippen MR) is 112 cm³/mol. The summed E-state index contributed by atoms with van der Waals surface area (Å²) in [7, 11) is 0. The van der Waals surface area contributed by atoms with Crippen molar-refractivity contribution in [1.82, 2.24) is 35.0 Å². The van der Waals surface area contributed by atoms with Gasteiger partial charge in [-0.3, -0.25) is 9.69 Å². The number of halogens is 2. The van der Waals surface area contributed by atoms with E-state index in [4.69, 9.17) is 10.00 Å². The minimum absolute atomic E-state index is 0.0120. The molecule has 5 rings (SSSR count). The zero-order chi connectivity index (χ0) is 23.7. The van der Waals surface area contributed by atoms with Crippen molar-refractivity contribution in [2.45, 2.75) is 18.6 Å². The van der Waals surface area contributed by atoms with Gasteiger partial charge in [0.25, 0.3) is 0 Å². The second-order valence-electron chi connectivity index (χ2n) is 8.23. The first-order chi connectivity index (χ1) is 16.5. The number of rotatable bonds is 4. The molecule has 1 aromatic carbocycles. The molecule has 2 aliphatic rings. The van der Waals surface area contributed by atoms with Crippen LogP contribution in [0.1, 0.15) is 22.8 Å². The fourth-order valence-electron chi connectivity index (χ4n) is 4.31. The molecule has 34 heavy (non-hydrogen) atoms. The summed E-state index contributed by atoms with van der Waals surface area (Å²) in [6, 6.07) is 7.23. The molecular weight excluding hydrogens is 446 g/mol. The minimum Gasteiger partial charge on any atom is -0.370 e. The first-order valence-electron chi connectivity index (χ1n) is 10.7. The Kier molecular flexibility index (Phi) is 5.95. The molecule has 174 valence electrons. The predicted octanol–water partition coefficient (Wildman–Crippen LogP) is 1.03. The van der Waals surface area contributed by atoms with Crippen LogP contribution in [-0.4, -0.2) is 79.7 Å². The fraction of sp³-hybridized carbons (Fsp3) is 0.364. The van der Waals surface area contributed by atoms with E-state index >= 15 is 0 Å². The number of nitrogens with zero attached hydrogens (tertiary/aromatic N) is 8. The number of nitriles is 1. The van der Waals surface area contributed by atoms with Gasteiger partial charge >= 0.3 is 0 Å². The summed E-state index contributed by atoms with van der Waals surface area (Å²) in [4.78, 5) is 21.1. The van der Waals surface area contributed by atoms with Gasteiger partial charge in [0.2, 0.25) is 5.91 Å². The van der Waals surface area contributed by atoms with Crippen LogP contribution in [0, 0.1) is 23.0 Å². The van der Waals surface area contributed by atoms with E-state index in [9.17, 15) is 13.6 Å². The van der Waals surface area contributed by atoms with Gasteiger partial charge in [-0.2, -0.15) is 9.94 Å². The van der Waals surface area contributed by atoms with Crippen LogP contribution >= 0.6 is 0 Å². The number of benzene rings is 1. The average Bonchev–Trinajstić information content (AvgIpc) is 3.39. The Hall–Kier alpha value is -3.82. The second kappa shape index (κ2) is 9.20. The van der Waals surface area contributed by atoms with Gasteiger partial charge in [-0.25, -0.2) is 13.8 Å². The van der Waals surface area contributed by atoms with Gasteiger partial charge in [0.1, 0.15) is 24.0 Å². The van der Waals surface area contributed by atoms with Gasteiger partial charge in [0, 0.05) is 44.0 Å². The number of pyridine rings is 1. The number of fused-ring (bicyclic) bond motifs is 1. The monoisotopic (exact) mass is 466 g/mol. The molecule has 0 bridgehead atoms. The van der Waals surface area contributed by atoms with Gasteiger partial charge in [-0.1, -0.05) is 6.07 Å². The van der Waals surface area contributed by atoms with Crippen LogP contribution in [-0.2, 0) is 16.0 Å². The van der Waals surface area contributed by atoms with Crippen LogP contribution in [0.5, 0.6) is 0 Å². The number of aromatic nitrogens is 5. The molecule has 2 atom stereocenters. The molecule has 4 heterocycles. The quantitative estimate of drug-likeness (QED) is 0.561. The van der Waals surface area contributed by atoms with E-state index in [-0.39, 0.29) is 29.5 Å². The largest absolute Gasteiger partial charge is 0.370 e. The minimum atomic E-state index is -0.884. The lowest BCUT2D eigenvalue weighted by atomic mass is 10.0. The number of hydrogen-bond acceptors (Lipinski definition) is 8. The lowest BCUT2D eigenvalue weighted by Crippen LogP contribution is -2.59. The normalized spacial score (nSPS) is 20.6. The average molecular weight is 466 g/mol. The first-order valence-corrected chi connectivity index (χ1v) is 10.7. The van der Waals surface area contributed by atoms with Crippen molar-refractivity contribution in [3.63, 3.8) is 0 Å². The van der Waals surface area contributed by atoms with Crippen molar-refractivity contribution in [2.75, 3.05) is 32.8 Å². The Morgan fingerprint density at radius 1 is 1.21 bits per heavy atom. The first kappa shape index (κ1) is 22.0. The van der Waals surface area contributed by atoms with Crippen LogP contribution < -0.4 is 0 Å². The summed E-state index contributed by atoms with van der Waals surface area (Å²) in [5, 5.41) is 20.0. The maximum absolute atomic E-state index is 14.3. The number of morpholine rings is 1. The third-order valence-corrected chi connectivity index (χ3v) is 6.15. The van der Waals surface area contributed by atoms with E-state index in [1.165, 1.54) is 17.1 Å². The van der Waals surface area contributed by atoms with Crippen molar-refractivity contribution >= 4 is 5.91 Å². The molecule has 12 heteroatoms. The van der Waals surface area contributed by atoms with Crippen molar-refractivity contribution < 1.29 is 18.3 Å². The molecule has 2 aliphatic heterocycles. The zero-order valence-corrected chi connectivity index (χ0v) is 18.0. The molecule has 1 amide bonds. The van der Waals surface area contributed by atoms with Gasteiger partial charge in [0.15, 0.2) is 5.82 Å². The molecule has 0 aliphatic carbocycles. The smallest absolute Gasteiger partial charge is 0.227 e. The van der Waals surface area contributed by atoms with Gasteiger partial charge in [-0.15, -0.1) is 5.10 Å². The summed E-state index contributed by atoms with van der Waals surface area (Å²) >= 11 is 0. The maximum Gasteiger partial charge on any atom is 0.227 e. The molecule has 2 aromatic heterocycles. The topological polar surface area (TPSA) is 113 Å². The highest BCUT2D eigenvalue weighted by Gasteiger charge is 2.36. The molecule has 0 unspecified atom stereocenters. The number of tetrazole rings is 1. The molecule has 0 radical (unpaired) electrons. The summed E-state index contributed by atoms with van der Waals surface area (Å²) in [5.74, 6) is -1.07. The highest BCUT2D eigenvalue weighted by atomic mass is 19.1. The van der Waals surface area contributed by atoms with E-state index in [0.29, 0.717) is 38.6 Å². The van der Waals surface area contributed by atoms with E-state index in [2.05, 4.69) is 25.4 Å². The molecule has 10 nitrogen and oxygen atoms in total. The SMILES string of the molecule is N#Cc1cc([C@@H]2CN3CCN(C(=O)Cc4ccc(-n5cnnn5)nc4)C[C@H]3CO2)c(F)cc1F. The van der Waals surface area contributed by atoms with Crippen molar-refractivity contribution in [3.05, 3.63) is 65.1 Å². The highest BCUT2D eigenvalue weighted by Crippen LogP contribution is 2.30. The zero-order valence-electron chi connectivity index (χ0n) is 18.0. The highest BCUT2D eigenvalue weighted by molar-refractivity contribution is 5.78. The Balaban J connectivity index is 1.19. The number of carbonyl (C=O) groups excluding carboxylic acids is 1. The van der Waals surface area contributed by atoms with E-state index in [1.54, 1.807) is 23.2 Å². The Bertz CT molecular complexity index is 1230. The van der Waals surface area contributed by atoms with Crippen LogP contribution in [0.15, 0.2) is 36.8 Å². The Labute approximate surface area is 193 Å². The van der Waals surface area contributed by atoms with E-state index in [1.807, 2.05) is 6.07 Å². The number of ether oxygens (including phenoxy) is 1. The molecular formula is C22H20F2N8O2. The van der Waals surface area contributed by atoms with Crippen molar-refractivity contribution in [1.29, 1.82) is 5.26 Å². The Morgan fingerprint density at radius 2 is 2.09 bits per heavy atom. The van der Waals surface area contributed by atoms with Gasteiger partial charge in [-0.05, 0) is 28.1 Å². The van der Waals surface area contributed by atoms with E-state index < -0.39 is 17.7 Å². The molecule has 3 aromatic rings. The van der Waals surface area contributed by atoms with Crippen LogP contribution in [0.3, 0.4) is 0 Å². The molecule has 2 saturated heterocycles. The molecule has 2 fully saturated rings. The summed E-state index contributed by atoms with van der Waals surface area (Å²) in [5.41, 5.74) is 0.745. The summed E-state index contributed by atoms with van der Waals surface area (Å²) in [6.45, 7) is 2.35. The van der Waals surface area contributed by atoms with Crippen LogP contribution in [0.25, 0.3) is 5.82 Å². The third-order valence-electron chi connectivity index (χ3n) is 6.15. The van der Waals surface area contributed by atoms with Crippen LogP contribution in [0.2, 0.25) is 0 Å². The standard InChI is InChI=1S/C22H20F2N8O2/c23-18-7-19(24)17(6-15(18)8-25)20-11-30-3-4-31(10-16(30)12-34-20)22(33)5-14-1-2-21(26-9-14)32-13-27-28-29-32/h1-2,6-7,9,13,16,20H,3-5,10-12H2/t16-,20-/m0/s1. The number of piperazine rings is 1. The summed E-state index contributed by atoms with van der Waals surface area (Å²) in [6.07, 6.45) is 2.69. The molecule has 0 N–H and O–H groups in total. The fourth-order valence-corrected chi connectivity index (χ4v) is 4.31. The maximum atomic E-state index is 14.3. The molecule has 0 spiro atoms. The number of hydrogen-bond donors (Lipinski definition) is 0. The van der Waals surface area contributed by atoms with Crippen LogP contribution in [0.4, 0.5) is 8.78 Å². The van der Waals surface area contributed by atoms with Crippen molar-refractivity contribution in [2.24, 2.45) is 0 Å². The third kappa shape index (κ3) is 4.35.